The predicted molar refractivity (Wildman–Crippen MR) is 193 cm³/mol. The fourth-order valence-corrected chi connectivity index (χ4v) is 5.79. The molecule has 10 nitrogen and oxygen atoms in total. The molecule has 0 bridgehead atoms. The lowest BCUT2D eigenvalue weighted by Crippen LogP contribution is -2.42. The molecule has 10 heteroatoms. The summed E-state index contributed by atoms with van der Waals surface area (Å²) in [7, 11) is 1.55. The summed E-state index contributed by atoms with van der Waals surface area (Å²) in [5.41, 5.74) is 2.65. The van der Waals surface area contributed by atoms with Gasteiger partial charge >= 0.3 is 6.03 Å². The Balaban J connectivity index is 1.27. The minimum Gasteiger partial charge on any atom is -0.493 e. The van der Waals surface area contributed by atoms with E-state index in [-0.39, 0.29) is 24.1 Å². The third-order valence-corrected chi connectivity index (χ3v) is 8.98. The standard InChI is InChI=1S/C38H53N5O5/c1-7-29(8-2)40-38(45)41-31-14-18-35(36(26-31)46-6)48-34-17-13-30(25-27(34)5)39-37(44)28-11-15-32(16-12-28)47-33-19-21-43(22-20-33)24-23-42(9-3)10-4/h11-18,25-26,29,33H,7-10,19-24H2,1-6H3,(H,39,44)(H2,40,41,45). The van der Waals surface area contributed by atoms with E-state index in [9.17, 15) is 9.59 Å². The number of piperidine rings is 1. The molecule has 0 atom stereocenters. The highest BCUT2D eigenvalue weighted by atomic mass is 16.5. The molecule has 1 heterocycles. The maximum atomic E-state index is 13.0. The molecular formula is C38H53N5O5. The van der Waals surface area contributed by atoms with Gasteiger partial charge in [0.25, 0.3) is 5.91 Å². The Hall–Kier alpha value is -4.28. The highest BCUT2D eigenvalue weighted by molar-refractivity contribution is 6.04. The van der Waals surface area contributed by atoms with E-state index in [1.165, 1.54) is 0 Å². The summed E-state index contributed by atoms with van der Waals surface area (Å²) in [4.78, 5) is 30.4. The van der Waals surface area contributed by atoms with E-state index in [0.29, 0.717) is 34.2 Å². The Morgan fingerprint density at radius 2 is 1.50 bits per heavy atom. The van der Waals surface area contributed by atoms with Gasteiger partial charge in [-0.25, -0.2) is 4.79 Å². The van der Waals surface area contributed by atoms with Crippen LogP contribution in [-0.2, 0) is 0 Å². The zero-order chi connectivity index (χ0) is 34.5. The van der Waals surface area contributed by atoms with E-state index in [4.69, 9.17) is 14.2 Å². The molecule has 0 aromatic heterocycles. The van der Waals surface area contributed by atoms with Crippen LogP contribution in [0.2, 0.25) is 0 Å². The Kier molecular flexibility index (Phi) is 13.9. The average Bonchev–Trinajstić information content (AvgIpc) is 3.10. The van der Waals surface area contributed by atoms with Gasteiger partial charge in [-0.3, -0.25) is 4.79 Å². The van der Waals surface area contributed by atoms with Crippen LogP contribution in [0.4, 0.5) is 16.2 Å². The molecule has 0 saturated carbocycles. The van der Waals surface area contributed by atoms with Crippen molar-refractivity contribution in [2.75, 3.05) is 57.0 Å². The summed E-state index contributed by atoms with van der Waals surface area (Å²) in [6.45, 7) is 16.9. The fraction of sp³-hybridized carbons (Fsp3) is 0.474. The normalized spacial score (nSPS) is 13.8. The number of amides is 3. The lowest BCUT2D eigenvalue weighted by atomic mass is 10.1. The third kappa shape index (κ3) is 10.6. The van der Waals surface area contributed by atoms with Crippen LogP contribution < -0.4 is 30.2 Å². The largest absolute Gasteiger partial charge is 0.493 e. The van der Waals surface area contributed by atoms with E-state index >= 15 is 0 Å². The van der Waals surface area contributed by atoms with Crippen molar-refractivity contribution in [3.8, 4) is 23.0 Å². The number of carbonyl (C=O) groups excluding carboxylic acids is 2. The van der Waals surface area contributed by atoms with Crippen LogP contribution in [-0.4, -0.2) is 80.3 Å². The van der Waals surface area contributed by atoms with Crippen LogP contribution in [0.5, 0.6) is 23.0 Å². The van der Waals surface area contributed by atoms with Crippen molar-refractivity contribution in [1.82, 2.24) is 15.1 Å². The SMILES string of the molecule is CCC(CC)NC(=O)Nc1ccc(Oc2ccc(NC(=O)c3ccc(OC4CCN(CCN(CC)CC)CC4)cc3)cc2C)c(OC)c1. The van der Waals surface area contributed by atoms with Crippen molar-refractivity contribution in [3.63, 3.8) is 0 Å². The lowest BCUT2D eigenvalue weighted by Gasteiger charge is -2.33. The van der Waals surface area contributed by atoms with Crippen molar-refractivity contribution in [2.24, 2.45) is 0 Å². The molecule has 3 amide bonds. The monoisotopic (exact) mass is 659 g/mol. The van der Waals surface area contributed by atoms with Crippen LogP contribution in [0.15, 0.2) is 60.7 Å². The summed E-state index contributed by atoms with van der Waals surface area (Å²) in [5.74, 6) is 2.20. The second-order valence-electron chi connectivity index (χ2n) is 12.2. The molecule has 260 valence electrons. The topological polar surface area (TPSA) is 104 Å². The minimum absolute atomic E-state index is 0.122. The van der Waals surface area contributed by atoms with E-state index in [2.05, 4.69) is 39.6 Å². The number of methoxy groups -OCH3 is 1. The number of nitrogens with zero attached hydrogens (tertiary/aromatic N) is 2. The number of benzene rings is 3. The molecule has 0 spiro atoms. The number of urea groups is 1. The number of rotatable bonds is 16. The summed E-state index contributed by atoms with van der Waals surface area (Å²) < 4.78 is 18.0. The molecule has 3 N–H and O–H groups in total. The van der Waals surface area contributed by atoms with Crippen LogP contribution in [0.25, 0.3) is 0 Å². The second-order valence-corrected chi connectivity index (χ2v) is 12.2. The van der Waals surface area contributed by atoms with Gasteiger partial charge in [0.1, 0.15) is 17.6 Å². The number of likely N-dealkylation sites (N-methyl/N-ethyl adjacent to an activating group) is 1. The van der Waals surface area contributed by atoms with Gasteiger partial charge in [-0.15, -0.1) is 0 Å². The van der Waals surface area contributed by atoms with Crippen molar-refractivity contribution in [3.05, 3.63) is 71.8 Å². The number of hydrogen-bond acceptors (Lipinski definition) is 7. The molecular weight excluding hydrogens is 606 g/mol. The Labute approximate surface area is 286 Å². The van der Waals surface area contributed by atoms with Gasteiger partial charge in [-0.1, -0.05) is 27.7 Å². The molecule has 1 aliphatic heterocycles. The number of ether oxygens (including phenoxy) is 3. The van der Waals surface area contributed by atoms with Crippen molar-refractivity contribution in [2.45, 2.75) is 72.4 Å². The van der Waals surface area contributed by atoms with Gasteiger partial charge in [0, 0.05) is 55.2 Å². The van der Waals surface area contributed by atoms with Gasteiger partial charge in [-0.05, 0) is 106 Å². The third-order valence-electron chi connectivity index (χ3n) is 8.98. The Bertz CT molecular complexity index is 1460. The molecule has 0 aliphatic carbocycles. The number of hydrogen-bond donors (Lipinski definition) is 3. The molecule has 0 radical (unpaired) electrons. The quantitative estimate of drug-likeness (QED) is 0.146. The molecule has 0 unspecified atom stereocenters. The summed E-state index contributed by atoms with van der Waals surface area (Å²) >= 11 is 0. The van der Waals surface area contributed by atoms with Crippen LogP contribution in [0.1, 0.15) is 69.3 Å². The Morgan fingerprint density at radius 3 is 2.10 bits per heavy atom. The number of nitrogens with one attached hydrogen (secondary N) is 3. The number of aryl methyl sites for hydroxylation is 1. The number of anilines is 2. The molecule has 1 saturated heterocycles. The molecule has 1 aliphatic rings. The first kappa shape index (κ1) is 36.6. The van der Waals surface area contributed by atoms with E-state index in [0.717, 1.165) is 76.3 Å². The van der Waals surface area contributed by atoms with Crippen LogP contribution in [0.3, 0.4) is 0 Å². The van der Waals surface area contributed by atoms with E-state index in [1.807, 2.05) is 45.0 Å². The summed E-state index contributed by atoms with van der Waals surface area (Å²) in [6, 6.07) is 17.9. The highest BCUT2D eigenvalue weighted by Gasteiger charge is 2.21. The maximum Gasteiger partial charge on any atom is 0.319 e. The molecule has 3 aromatic rings. The maximum absolute atomic E-state index is 13.0. The first-order valence-corrected chi connectivity index (χ1v) is 17.3. The Morgan fingerprint density at radius 1 is 0.854 bits per heavy atom. The fourth-order valence-electron chi connectivity index (χ4n) is 5.79. The zero-order valence-electron chi connectivity index (χ0n) is 29.4. The van der Waals surface area contributed by atoms with E-state index < -0.39 is 0 Å². The second kappa shape index (κ2) is 18.3. The van der Waals surface area contributed by atoms with Crippen LogP contribution >= 0.6 is 0 Å². The van der Waals surface area contributed by atoms with Crippen molar-refractivity contribution < 1.29 is 23.8 Å². The van der Waals surface area contributed by atoms with Gasteiger partial charge in [-0.2, -0.15) is 0 Å². The predicted octanol–water partition coefficient (Wildman–Crippen LogP) is 7.54. The molecule has 3 aromatic carbocycles. The van der Waals surface area contributed by atoms with Crippen molar-refractivity contribution in [1.29, 1.82) is 0 Å². The molecule has 48 heavy (non-hydrogen) atoms. The molecule has 1 fully saturated rings. The zero-order valence-corrected chi connectivity index (χ0v) is 29.4. The summed E-state index contributed by atoms with van der Waals surface area (Å²) in [6.07, 6.45) is 3.93. The van der Waals surface area contributed by atoms with Gasteiger partial charge < -0.3 is 40.0 Å². The molecule has 4 rings (SSSR count). The van der Waals surface area contributed by atoms with Gasteiger partial charge in [0.15, 0.2) is 11.5 Å². The first-order valence-electron chi connectivity index (χ1n) is 17.3. The number of likely N-dealkylation sites (tertiary alicyclic amines) is 1. The van der Waals surface area contributed by atoms with Crippen molar-refractivity contribution >= 4 is 23.3 Å². The van der Waals surface area contributed by atoms with E-state index in [1.54, 1.807) is 43.5 Å². The van der Waals surface area contributed by atoms with Crippen LogP contribution in [0, 0.1) is 6.92 Å². The van der Waals surface area contributed by atoms with Gasteiger partial charge in [0.2, 0.25) is 0 Å². The van der Waals surface area contributed by atoms with Gasteiger partial charge in [0.05, 0.1) is 7.11 Å². The smallest absolute Gasteiger partial charge is 0.319 e. The lowest BCUT2D eigenvalue weighted by molar-refractivity contribution is 0.0937. The first-order chi connectivity index (χ1) is 23.2. The highest BCUT2D eigenvalue weighted by Crippen LogP contribution is 2.36. The average molecular weight is 660 g/mol. The number of carbonyl (C=O) groups is 2. The minimum atomic E-state index is -0.259. The summed E-state index contributed by atoms with van der Waals surface area (Å²) in [5, 5.41) is 8.79.